The maximum atomic E-state index is 11.8. The van der Waals surface area contributed by atoms with Crippen molar-refractivity contribution in [2.24, 2.45) is 11.8 Å². The van der Waals surface area contributed by atoms with Crippen molar-refractivity contribution >= 4 is 11.9 Å². The lowest BCUT2D eigenvalue weighted by molar-refractivity contribution is -0.146. The highest BCUT2D eigenvalue weighted by atomic mass is 16.5. The molecule has 4 nitrogen and oxygen atoms in total. The van der Waals surface area contributed by atoms with E-state index in [0.717, 1.165) is 63.2 Å². The van der Waals surface area contributed by atoms with Crippen LogP contribution in [0.5, 0.6) is 0 Å². The Balaban J connectivity index is 1.64. The molecular weight excluding hydrogens is 292 g/mol. The molecule has 0 amide bonds. The molecule has 2 rings (SSSR count). The molecule has 2 aliphatic rings. The van der Waals surface area contributed by atoms with Crippen molar-refractivity contribution in [2.45, 2.75) is 83.8 Å². The monoisotopic (exact) mass is 322 g/mol. The minimum absolute atomic E-state index is 0.00131. The first-order valence-corrected chi connectivity index (χ1v) is 9.12. The van der Waals surface area contributed by atoms with Crippen LogP contribution in [-0.4, -0.2) is 24.1 Å². The lowest BCUT2D eigenvalue weighted by atomic mass is 9.82. The molecule has 2 aliphatic carbocycles. The predicted molar refractivity (Wildman–Crippen MR) is 88.8 cm³/mol. The van der Waals surface area contributed by atoms with E-state index in [9.17, 15) is 9.59 Å². The Kier molecular flexibility index (Phi) is 7.13. The molecule has 0 aromatic carbocycles. The SMILES string of the molecule is CC(C)CC1CCC(OC(=O)/C=C/C(=O)OC2CCCC2)CC1. The van der Waals surface area contributed by atoms with E-state index in [-0.39, 0.29) is 12.2 Å². The number of hydrogen-bond acceptors (Lipinski definition) is 4. The number of esters is 2. The van der Waals surface area contributed by atoms with Gasteiger partial charge >= 0.3 is 11.9 Å². The molecule has 4 heteroatoms. The van der Waals surface area contributed by atoms with E-state index in [2.05, 4.69) is 13.8 Å². The highest BCUT2D eigenvalue weighted by Gasteiger charge is 2.24. The van der Waals surface area contributed by atoms with Crippen molar-refractivity contribution in [2.75, 3.05) is 0 Å². The minimum atomic E-state index is -0.436. The molecule has 0 heterocycles. The first-order chi connectivity index (χ1) is 11.0. The van der Waals surface area contributed by atoms with E-state index in [1.807, 2.05) is 0 Å². The maximum Gasteiger partial charge on any atom is 0.331 e. The molecule has 0 radical (unpaired) electrons. The van der Waals surface area contributed by atoms with Gasteiger partial charge < -0.3 is 9.47 Å². The predicted octanol–water partition coefficient (Wildman–Crippen LogP) is 4.18. The van der Waals surface area contributed by atoms with Crippen molar-refractivity contribution < 1.29 is 19.1 Å². The Morgan fingerprint density at radius 2 is 1.35 bits per heavy atom. The molecule has 0 bridgehead atoms. The number of carbonyl (C=O) groups excluding carboxylic acids is 2. The fourth-order valence-electron chi connectivity index (χ4n) is 3.70. The highest BCUT2D eigenvalue weighted by Crippen LogP contribution is 2.30. The summed E-state index contributed by atoms with van der Waals surface area (Å²) < 4.78 is 10.7. The van der Waals surface area contributed by atoms with Crippen LogP contribution in [0.1, 0.15) is 71.6 Å². The van der Waals surface area contributed by atoms with Crippen LogP contribution >= 0.6 is 0 Å². The maximum absolute atomic E-state index is 11.8. The summed E-state index contributed by atoms with van der Waals surface area (Å²) >= 11 is 0. The van der Waals surface area contributed by atoms with E-state index in [0.29, 0.717) is 0 Å². The van der Waals surface area contributed by atoms with Crippen LogP contribution < -0.4 is 0 Å². The van der Waals surface area contributed by atoms with Gasteiger partial charge in [-0.05, 0) is 69.6 Å². The molecule has 0 aliphatic heterocycles. The third-order valence-electron chi connectivity index (χ3n) is 4.82. The molecular formula is C19H30O4. The summed E-state index contributed by atoms with van der Waals surface area (Å²) in [5.74, 6) is 0.630. The highest BCUT2D eigenvalue weighted by molar-refractivity contribution is 5.91. The van der Waals surface area contributed by atoms with Crippen molar-refractivity contribution in [3.63, 3.8) is 0 Å². The van der Waals surface area contributed by atoms with Gasteiger partial charge in [0.05, 0.1) is 0 Å². The standard InChI is InChI=1S/C19H30O4/c1-14(2)13-15-7-9-17(10-8-15)23-19(21)12-11-18(20)22-16-5-3-4-6-16/h11-12,14-17H,3-10,13H2,1-2H3/b12-11+. The van der Waals surface area contributed by atoms with Gasteiger partial charge in [0.2, 0.25) is 0 Å². The summed E-state index contributed by atoms with van der Waals surface area (Å²) in [5.41, 5.74) is 0. The average molecular weight is 322 g/mol. The summed E-state index contributed by atoms with van der Waals surface area (Å²) in [4.78, 5) is 23.4. The van der Waals surface area contributed by atoms with E-state index < -0.39 is 11.9 Å². The normalized spacial score (nSPS) is 25.9. The zero-order valence-corrected chi connectivity index (χ0v) is 14.5. The second-order valence-corrected chi connectivity index (χ2v) is 7.39. The molecule has 23 heavy (non-hydrogen) atoms. The van der Waals surface area contributed by atoms with Gasteiger partial charge in [-0.1, -0.05) is 13.8 Å². The van der Waals surface area contributed by atoms with Gasteiger partial charge in [-0.2, -0.15) is 0 Å². The molecule has 0 saturated heterocycles. The van der Waals surface area contributed by atoms with E-state index >= 15 is 0 Å². The molecule has 0 aromatic rings. The third-order valence-corrected chi connectivity index (χ3v) is 4.82. The van der Waals surface area contributed by atoms with E-state index in [1.165, 1.54) is 18.6 Å². The lowest BCUT2D eigenvalue weighted by Crippen LogP contribution is -2.24. The Hall–Kier alpha value is -1.32. The zero-order chi connectivity index (χ0) is 16.7. The fraction of sp³-hybridized carbons (Fsp3) is 0.789. The summed E-state index contributed by atoms with van der Waals surface area (Å²) in [6.07, 6.45) is 11.9. The summed E-state index contributed by atoms with van der Waals surface area (Å²) in [5, 5.41) is 0. The Morgan fingerprint density at radius 1 is 0.870 bits per heavy atom. The fourth-order valence-corrected chi connectivity index (χ4v) is 3.70. The second kappa shape index (κ2) is 9.09. The zero-order valence-electron chi connectivity index (χ0n) is 14.5. The van der Waals surface area contributed by atoms with Crippen LogP contribution in [0.25, 0.3) is 0 Å². The Labute approximate surface area is 139 Å². The molecule has 0 spiro atoms. The molecule has 0 N–H and O–H groups in total. The van der Waals surface area contributed by atoms with E-state index in [1.54, 1.807) is 0 Å². The Morgan fingerprint density at radius 3 is 1.83 bits per heavy atom. The van der Waals surface area contributed by atoms with Crippen LogP contribution in [0.15, 0.2) is 12.2 Å². The molecule has 0 unspecified atom stereocenters. The van der Waals surface area contributed by atoms with Crippen LogP contribution in [0.3, 0.4) is 0 Å². The van der Waals surface area contributed by atoms with Gasteiger partial charge in [0, 0.05) is 12.2 Å². The molecule has 130 valence electrons. The van der Waals surface area contributed by atoms with Gasteiger partial charge in [-0.15, -0.1) is 0 Å². The molecule has 0 atom stereocenters. The molecule has 2 fully saturated rings. The first kappa shape index (κ1) is 18.0. The van der Waals surface area contributed by atoms with Crippen molar-refractivity contribution in [3.05, 3.63) is 12.2 Å². The quantitative estimate of drug-likeness (QED) is 0.544. The van der Waals surface area contributed by atoms with Crippen LogP contribution in [0.4, 0.5) is 0 Å². The smallest absolute Gasteiger partial charge is 0.331 e. The molecule has 0 aromatic heterocycles. The van der Waals surface area contributed by atoms with Crippen molar-refractivity contribution in [1.82, 2.24) is 0 Å². The van der Waals surface area contributed by atoms with Crippen molar-refractivity contribution in [3.8, 4) is 0 Å². The summed E-state index contributed by atoms with van der Waals surface area (Å²) in [6, 6.07) is 0. The van der Waals surface area contributed by atoms with Gasteiger partial charge in [0.1, 0.15) is 12.2 Å². The first-order valence-electron chi connectivity index (χ1n) is 9.12. The Bertz CT molecular complexity index is 413. The summed E-state index contributed by atoms with van der Waals surface area (Å²) in [6.45, 7) is 4.50. The van der Waals surface area contributed by atoms with Gasteiger partial charge in [0.25, 0.3) is 0 Å². The van der Waals surface area contributed by atoms with E-state index in [4.69, 9.17) is 9.47 Å². The average Bonchev–Trinajstić information content (AvgIpc) is 2.99. The van der Waals surface area contributed by atoms with Crippen molar-refractivity contribution in [1.29, 1.82) is 0 Å². The molecule has 2 saturated carbocycles. The topological polar surface area (TPSA) is 52.6 Å². The largest absolute Gasteiger partial charge is 0.459 e. The summed E-state index contributed by atoms with van der Waals surface area (Å²) in [7, 11) is 0. The number of ether oxygens (including phenoxy) is 2. The number of carbonyl (C=O) groups is 2. The van der Waals surface area contributed by atoms with Crippen LogP contribution in [0.2, 0.25) is 0 Å². The van der Waals surface area contributed by atoms with Gasteiger partial charge in [0.15, 0.2) is 0 Å². The minimum Gasteiger partial charge on any atom is -0.459 e. The van der Waals surface area contributed by atoms with Gasteiger partial charge in [-0.25, -0.2) is 9.59 Å². The van der Waals surface area contributed by atoms with Gasteiger partial charge in [-0.3, -0.25) is 0 Å². The van der Waals surface area contributed by atoms with Crippen LogP contribution in [0, 0.1) is 11.8 Å². The number of hydrogen-bond donors (Lipinski definition) is 0. The lowest BCUT2D eigenvalue weighted by Gasteiger charge is -2.28. The number of rotatable bonds is 6. The third kappa shape index (κ3) is 6.76. The van der Waals surface area contributed by atoms with Crippen LogP contribution in [-0.2, 0) is 19.1 Å². The second-order valence-electron chi connectivity index (χ2n) is 7.39.